The third-order valence-corrected chi connectivity index (χ3v) is 4.56. The maximum Gasteiger partial charge on any atom is 0.169 e. The number of thiocarbonyl (C=S) groups is 1. The summed E-state index contributed by atoms with van der Waals surface area (Å²) in [6.07, 6.45) is 2.21. The van der Waals surface area contributed by atoms with Gasteiger partial charge in [-0.05, 0) is 43.1 Å². The standard InChI is InChI=1S/C17H24ClFN2OS/c1-12(2)9-20-17(23)21(10-13-5-4-8-22-13)11-14-15(18)6-3-7-16(14)19/h3,6-7,12-13H,4-5,8-11H2,1-2H3,(H,20,23)/t13-/m0/s1. The molecule has 1 aliphatic heterocycles. The summed E-state index contributed by atoms with van der Waals surface area (Å²) < 4.78 is 19.8. The Balaban J connectivity index is 2.10. The van der Waals surface area contributed by atoms with E-state index in [0.717, 1.165) is 26.0 Å². The maximum absolute atomic E-state index is 14.1. The van der Waals surface area contributed by atoms with E-state index >= 15 is 0 Å². The van der Waals surface area contributed by atoms with Crippen LogP contribution in [0.15, 0.2) is 18.2 Å². The van der Waals surface area contributed by atoms with E-state index < -0.39 is 0 Å². The van der Waals surface area contributed by atoms with Crippen molar-refractivity contribution in [2.75, 3.05) is 19.7 Å². The lowest BCUT2D eigenvalue weighted by atomic mass is 10.1. The molecule has 0 spiro atoms. The van der Waals surface area contributed by atoms with Gasteiger partial charge in [0, 0.05) is 36.8 Å². The van der Waals surface area contributed by atoms with Gasteiger partial charge in [-0.3, -0.25) is 0 Å². The first kappa shape index (κ1) is 18.4. The fourth-order valence-electron chi connectivity index (χ4n) is 2.53. The van der Waals surface area contributed by atoms with Crippen molar-refractivity contribution in [2.24, 2.45) is 5.92 Å². The van der Waals surface area contributed by atoms with Gasteiger partial charge in [-0.1, -0.05) is 31.5 Å². The van der Waals surface area contributed by atoms with Gasteiger partial charge in [0.05, 0.1) is 6.10 Å². The topological polar surface area (TPSA) is 24.5 Å². The first-order valence-corrected chi connectivity index (χ1v) is 8.83. The van der Waals surface area contributed by atoms with Gasteiger partial charge in [-0.15, -0.1) is 0 Å². The number of hydrogen-bond acceptors (Lipinski definition) is 2. The highest BCUT2D eigenvalue weighted by atomic mass is 35.5. The molecule has 0 aromatic heterocycles. The van der Waals surface area contributed by atoms with Crippen LogP contribution in [0, 0.1) is 11.7 Å². The van der Waals surface area contributed by atoms with Crippen molar-refractivity contribution < 1.29 is 9.13 Å². The van der Waals surface area contributed by atoms with E-state index in [0.29, 0.717) is 34.7 Å². The molecule has 1 aliphatic rings. The average Bonchev–Trinajstić information content (AvgIpc) is 3.00. The van der Waals surface area contributed by atoms with E-state index in [-0.39, 0.29) is 11.9 Å². The summed E-state index contributed by atoms with van der Waals surface area (Å²) in [6, 6.07) is 4.74. The number of hydrogen-bond donors (Lipinski definition) is 1. The zero-order valence-electron chi connectivity index (χ0n) is 13.6. The van der Waals surface area contributed by atoms with Gasteiger partial charge in [0.1, 0.15) is 5.82 Å². The van der Waals surface area contributed by atoms with Crippen molar-refractivity contribution >= 4 is 28.9 Å². The number of rotatable bonds is 6. The second-order valence-electron chi connectivity index (χ2n) is 6.30. The first-order valence-electron chi connectivity index (χ1n) is 8.04. The van der Waals surface area contributed by atoms with E-state index in [1.54, 1.807) is 12.1 Å². The zero-order valence-corrected chi connectivity index (χ0v) is 15.2. The minimum atomic E-state index is -0.304. The molecular weight excluding hydrogens is 335 g/mol. The molecule has 0 amide bonds. The quantitative estimate of drug-likeness (QED) is 0.777. The Hall–Kier alpha value is -0.910. The molecule has 3 nitrogen and oxygen atoms in total. The van der Waals surface area contributed by atoms with Crippen molar-refractivity contribution in [2.45, 2.75) is 39.3 Å². The van der Waals surface area contributed by atoms with Gasteiger partial charge >= 0.3 is 0 Å². The summed E-state index contributed by atoms with van der Waals surface area (Å²) in [4.78, 5) is 1.96. The number of nitrogens with zero attached hydrogens (tertiary/aromatic N) is 1. The molecule has 2 rings (SSSR count). The fraction of sp³-hybridized carbons (Fsp3) is 0.588. The van der Waals surface area contributed by atoms with Gasteiger partial charge in [-0.25, -0.2) is 4.39 Å². The summed E-state index contributed by atoms with van der Waals surface area (Å²) in [5.41, 5.74) is 0.473. The van der Waals surface area contributed by atoms with Gasteiger partial charge in [0.25, 0.3) is 0 Å². The summed E-state index contributed by atoms with van der Waals surface area (Å²) in [7, 11) is 0. The lowest BCUT2D eigenvalue weighted by Gasteiger charge is -2.29. The second-order valence-corrected chi connectivity index (χ2v) is 7.09. The molecule has 1 heterocycles. The molecule has 1 N–H and O–H groups in total. The first-order chi connectivity index (χ1) is 11.0. The van der Waals surface area contributed by atoms with Crippen molar-refractivity contribution in [3.63, 3.8) is 0 Å². The normalized spacial score (nSPS) is 17.5. The van der Waals surface area contributed by atoms with Crippen LogP contribution in [0.4, 0.5) is 4.39 Å². The Morgan fingerprint density at radius 1 is 1.52 bits per heavy atom. The van der Waals surface area contributed by atoms with E-state index in [1.165, 1.54) is 6.07 Å². The van der Waals surface area contributed by atoms with E-state index in [4.69, 9.17) is 28.6 Å². The molecule has 23 heavy (non-hydrogen) atoms. The molecule has 1 fully saturated rings. The molecule has 6 heteroatoms. The minimum Gasteiger partial charge on any atom is -0.376 e. The molecule has 0 unspecified atom stereocenters. The fourth-order valence-corrected chi connectivity index (χ4v) is 2.98. The van der Waals surface area contributed by atoms with Crippen LogP contribution >= 0.6 is 23.8 Å². The van der Waals surface area contributed by atoms with E-state index in [9.17, 15) is 4.39 Å². The average molecular weight is 359 g/mol. The summed E-state index contributed by atoms with van der Waals surface area (Å²) >= 11 is 11.7. The highest BCUT2D eigenvalue weighted by Crippen LogP contribution is 2.22. The van der Waals surface area contributed by atoms with Gasteiger partial charge in [0.15, 0.2) is 5.11 Å². The number of ether oxygens (including phenoxy) is 1. The van der Waals surface area contributed by atoms with Crippen LogP contribution in [0.25, 0.3) is 0 Å². The minimum absolute atomic E-state index is 0.138. The molecule has 1 aromatic rings. The number of halogens is 2. The summed E-state index contributed by atoms with van der Waals surface area (Å²) in [6.45, 7) is 6.79. The molecule has 1 saturated heterocycles. The molecule has 0 bridgehead atoms. The van der Waals surface area contributed by atoms with Crippen LogP contribution in [0.1, 0.15) is 32.3 Å². The van der Waals surface area contributed by atoms with Crippen molar-refractivity contribution in [1.29, 1.82) is 0 Å². The lowest BCUT2D eigenvalue weighted by Crippen LogP contribution is -2.44. The molecule has 0 aliphatic carbocycles. The number of benzene rings is 1. The Morgan fingerprint density at radius 2 is 2.30 bits per heavy atom. The molecule has 0 radical (unpaired) electrons. The van der Waals surface area contributed by atoms with E-state index in [2.05, 4.69) is 19.2 Å². The van der Waals surface area contributed by atoms with Crippen LogP contribution in [-0.4, -0.2) is 35.8 Å². The third kappa shape index (κ3) is 5.59. The number of nitrogens with one attached hydrogen (secondary N) is 1. The molecule has 0 saturated carbocycles. The summed E-state index contributed by atoms with van der Waals surface area (Å²) in [5, 5.41) is 4.30. The van der Waals surface area contributed by atoms with Crippen LogP contribution in [-0.2, 0) is 11.3 Å². The highest BCUT2D eigenvalue weighted by Gasteiger charge is 2.22. The van der Waals surface area contributed by atoms with Crippen molar-refractivity contribution in [3.05, 3.63) is 34.6 Å². The Morgan fingerprint density at radius 3 is 2.91 bits per heavy atom. The van der Waals surface area contributed by atoms with Crippen LogP contribution < -0.4 is 5.32 Å². The Labute approximate surface area is 148 Å². The van der Waals surface area contributed by atoms with Crippen LogP contribution in [0.5, 0.6) is 0 Å². The van der Waals surface area contributed by atoms with Gasteiger partial charge in [0.2, 0.25) is 0 Å². The second kappa shape index (κ2) is 8.81. The molecular formula is C17H24ClFN2OS. The summed E-state index contributed by atoms with van der Waals surface area (Å²) in [5.74, 6) is 0.177. The SMILES string of the molecule is CC(C)CNC(=S)N(Cc1c(F)cccc1Cl)C[C@@H]1CCCO1. The predicted molar refractivity (Wildman–Crippen MR) is 96.2 cm³/mol. The molecule has 1 aromatic carbocycles. The Bertz CT molecular complexity index is 515. The van der Waals surface area contributed by atoms with Crippen LogP contribution in [0.3, 0.4) is 0 Å². The van der Waals surface area contributed by atoms with Gasteiger partial charge < -0.3 is 15.0 Å². The van der Waals surface area contributed by atoms with E-state index in [1.807, 2.05) is 4.90 Å². The van der Waals surface area contributed by atoms with Gasteiger partial charge in [-0.2, -0.15) is 0 Å². The molecule has 1 atom stereocenters. The highest BCUT2D eigenvalue weighted by molar-refractivity contribution is 7.80. The van der Waals surface area contributed by atoms with Crippen LogP contribution in [0.2, 0.25) is 5.02 Å². The van der Waals surface area contributed by atoms with Crippen molar-refractivity contribution in [3.8, 4) is 0 Å². The monoisotopic (exact) mass is 358 g/mol. The predicted octanol–water partition coefficient (Wildman–Crippen LogP) is 3.99. The molecule has 128 valence electrons. The Kier molecular flexibility index (Phi) is 7.06. The lowest BCUT2D eigenvalue weighted by molar-refractivity contribution is 0.0895. The zero-order chi connectivity index (χ0) is 16.8. The maximum atomic E-state index is 14.1. The third-order valence-electron chi connectivity index (χ3n) is 3.81. The largest absolute Gasteiger partial charge is 0.376 e. The van der Waals surface area contributed by atoms with Crippen molar-refractivity contribution in [1.82, 2.24) is 10.2 Å². The smallest absolute Gasteiger partial charge is 0.169 e.